The van der Waals surface area contributed by atoms with Gasteiger partial charge in [0.25, 0.3) is 11.8 Å². The Bertz CT molecular complexity index is 1270. The van der Waals surface area contributed by atoms with Gasteiger partial charge >= 0.3 is 5.69 Å². The standard InChI is InChI=1S/C28H35N5O6S/c1-36-27(37-2,20-14-8-6-9-15-20)31-24-23(33(34)35)25(30-26(29-24)40-5)32(22-18-12-13-19-22)28(38-3,39-4)21-16-10-7-11-17-21/h6-11,14-17,22H,12-13,18-19H2,1-5H3,(H,29,30,31). The van der Waals surface area contributed by atoms with Crippen molar-refractivity contribution in [1.82, 2.24) is 9.97 Å². The number of rotatable bonds is 13. The van der Waals surface area contributed by atoms with Crippen molar-refractivity contribution in [1.29, 1.82) is 0 Å². The zero-order valence-corrected chi connectivity index (χ0v) is 24.1. The van der Waals surface area contributed by atoms with Gasteiger partial charge in [-0.3, -0.25) is 15.0 Å². The minimum absolute atomic E-state index is 0.0657. The second kappa shape index (κ2) is 12.9. The van der Waals surface area contributed by atoms with Gasteiger partial charge in [-0.25, -0.2) is 0 Å². The fourth-order valence-corrected chi connectivity index (χ4v) is 5.62. The fraction of sp³-hybridized carbons (Fsp3) is 0.429. The van der Waals surface area contributed by atoms with Crippen LogP contribution < -0.4 is 10.2 Å². The molecular weight excluding hydrogens is 534 g/mol. The van der Waals surface area contributed by atoms with Crippen LogP contribution in [0, 0.1) is 10.1 Å². The normalized spacial score (nSPS) is 14.3. The van der Waals surface area contributed by atoms with Crippen molar-refractivity contribution in [3.63, 3.8) is 0 Å². The molecule has 214 valence electrons. The summed E-state index contributed by atoms with van der Waals surface area (Å²) in [5.74, 6) is -3.06. The molecular formula is C28H35N5O6S. The molecule has 40 heavy (non-hydrogen) atoms. The number of nitro groups is 1. The van der Waals surface area contributed by atoms with Crippen molar-refractivity contribution >= 4 is 29.1 Å². The average molecular weight is 570 g/mol. The second-order valence-corrected chi connectivity index (χ2v) is 9.94. The van der Waals surface area contributed by atoms with Gasteiger partial charge < -0.3 is 24.3 Å². The number of nitrogens with zero attached hydrogens (tertiary/aromatic N) is 4. The van der Waals surface area contributed by atoms with Gasteiger partial charge in [0.2, 0.25) is 11.6 Å². The molecule has 0 unspecified atom stereocenters. The summed E-state index contributed by atoms with van der Waals surface area (Å²) in [7, 11) is 5.95. The Morgan fingerprint density at radius 1 is 0.900 bits per heavy atom. The highest BCUT2D eigenvalue weighted by Gasteiger charge is 2.49. The van der Waals surface area contributed by atoms with Gasteiger partial charge in [0.1, 0.15) is 0 Å². The predicted molar refractivity (Wildman–Crippen MR) is 153 cm³/mol. The van der Waals surface area contributed by atoms with Crippen molar-refractivity contribution in [3.05, 3.63) is 81.9 Å². The first-order chi connectivity index (χ1) is 19.4. The summed E-state index contributed by atoms with van der Waals surface area (Å²) in [4.78, 5) is 23.4. The molecule has 1 aliphatic carbocycles. The highest BCUT2D eigenvalue weighted by atomic mass is 32.2. The third-order valence-corrected chi connectivity index (χ3v) is 7.70. The number of anilines is 2. The highest BCUT2D eigenvalue weighted by molar-refractivity contribution is 7.98. The first-order valence-corrected chi connectivity index (χ1v) is 14.1. The third kappa shape index (κ3) is 5.50. The van der Waals surface area contributed by atoms with Crippen LogP contribution in [-0.4, -0.2) is 55.6 Å². The maximum absolute atomic E-state index is 12.9. The summed E-state index contributed by atoms with van der Waals surface area (Å²) in [5.41, 5.74) is 0.918. The molecule has 3 aromatic rings. The van der Waals surface area contributed by atoms with Crippen molar-refractivity contribution < 1.29 is 23.9 Å². The number of benzene rings is 2. The maximum Gasteiger partial charge on any atom is 0.353 e. The summed E-state index contributed by atoms with van der Waals surface area (Å²) in [6.07, 6.45) is 5.29. The number of ether oxygens (including phenoxy) is 4. The van der Waals surface area contributed by atoms with Crippen molar-refractivity contribution in [3.8, 4) is 0 Å². The average Bonchev–Trinajstić information content (AvgIpc) is 3.53. The van der Waals surface area contributed by atoms with E-state index in [4.69, 9.17) is 23.9 Å². The second-order valence-electron chi connectivity index (χ2n) is 9.17. The zero-order chi connectivity index (χ0) is 28.8. The summed E-state index contributed by atoms with van der Waals surface area (Å²) in [6, 6.07) is 18.3. The molecule has 0 spiro atoms. The summed E-state index contributed by atoms with van der Waals surface area (Å²) < 4.78 is 23.8. The van der Waals surface area contributed by atoms with Crippen LogP contribution in [0.3, 0.4) is 0 Å². The van der Waals surface area contributed by atoms with Crippen LogP contribution in [-0.2, 0) is 30.8 Å². The van der Waals surface area contributed by atoms with E-state index in [1.807, 2.05) is 54.8 Å². The molecule has 1 aromatic heterocycles. The van der Waals surface area contributed by atoms with Crippen molar-refractivity contribution in [2.24, 2.45) is 0 Å². The minimum atomic E-state index is -1.56. The molecule has 0 aliphatic heterocycles. The molecule has 0 radical (unpaired) electrons. The Morgan fingerprint density at radius 2 is 1.45 bits per heavy atom. The molecule has 0 amide bonds. The van der Waals surface area contributed by atoms with Gasteiger partial charge in [0.15, 0.2) is 5.16 Å². The Hall–Kier alpha value is -3.29. The fourth-order valence-electron chi connectivity index (χ4n) is 5.26. The van der Waals surface area contributed by atoms with E-state index in [1.54, 1.807) is 17.0 Å². The number of aromatic nitrogens is 2. The maximum atomic E-state index is 12.9. The van der Waals surface area contributed by atoms with Gasteiger partial charge in [-0.05, 0) is 19.1 Å². The van der Waals surface area contributed by atoms with Crippen LogP contribution >= 0.6 is 11.8 Å². The molecule has 0 bridgehead atoms. The lowest BCUT2D eigenvalue weighted by Crippen LogP contribution is -2.54. The van der Waals surface area contributed by atoms with Crippen LogP contribution in [0.2, 0.25) is 0 Å². The highest BCUT2D eigenvalue weighted by Crippen LogP contribution is 2.46. The third-order valence-electron chi connectivity index (χ3n) is 7.15. The lowest BCUT2D eigenvalue weighted by Gasteiger charge is -2.45. The van der Waals surface area contributed by atoms with Crippen LogP contribution in [0.5, 0.6) is 0 Å². The van der Waals surface area contributed by atoms with E-state index in [-0.39, 0.29) is 23.4 Å². The molecule has 12 heteroatoms. The smallest absolute Gasteiger partial charge is 0.332 e. The number of hydrogen-bond acceptors (Lipinski definition) is 11. The van der Waals surface area contributed by atoms with Crippen LogP contribution in [0.1, 0.15) is 36.8 Å². The Kier molecular flexibility index (Phi) is 9.59. The van der Waals surface area contributed by atoms with Gasteiger partial charge in [-0.1, -0.05) is 85.3 Å². The quantitative estimate of drug-likeness (QED) is 0.0926. The molecule has 1 N–H and O–H groups in total. The van der Waals surface area contributed by atoms with Crippen molar-refractivity contribution in [2.75, 3.05) is 44.9 Å². The summed E-state index contributed by atoms with van der Waals surface area (Å²) in [5, 5.41) is 16.3. The number of methoxy groups -OCH3 is 4. The van der Waals surface area contributed by atoms with E-state index in [1.165, 1.54) is 40.2 Å². The van der Waals surface area contributed by atoms with E-state index in [2.05, 4.69) is 10.3 Å². The van der Waals surface area contributed by atoms with Gasteiger partial charge in [-0.2, -0.15) is 9.97 Å². The monoisotopic (exact) mass is 569 g/mol. The van der Waals surface area contributed by atoms with Crippen molar-refractivity contribution in [2.45, 2.75) is 48.7 Å². The Labute approximate surface area is 238 Å². The lowest BCUT2D eigenvalue weighted by atomic mass is 10.1. The SMILES string of the molecule is COC(Nc1nc(SC)nc(N(C2CCCC2)C(OC)(OC)c2ccccc2)c1[N+](=O)[O-])(OC)c1ccccc1. The molecule has 1 aliphatic rings. The first kappa shape index (κ1) is 29.7. The Balaban J connectivity index is 2.00. The predicted octanol–water partition coefficient (Wildman–Crippen LogP) is 5.47. The van der Waals surface area contributed by atoms with E-state index in [0.29, 0.717) is 16.3 Å². The lowest BCUT2D eigenvalue weighted by molar-refractivity contribution is -0.384. The first-order valence-electron chi connectivity index (χ1n) is 12.9. The molecule has 1 saturated carbocycles. The van der Waals surface area contributed by atoms with Crippen LogP contribution in [0.15, 0.2) is 65.8 Å². The number of nitrogens with one attached hydrogen (secondary N) is 1. The van der Waals surface area contributed by atoms with E-state index in [9.17, 15) is 10.1 Å². The van der Waals surface area contributed by atoms with E-state index >= 15 is 0 Å². The molecule has 1 fully saturated rings. The molecule has 11 nitrogen and oxygen atoms in total. The Morgan fingerprint density at radius 3 is 1.93 bits per heavy atom. The number of hydrogen-bond donors (Lipinski definition) is 1. The molecule has 4 rings (SSSR count). The number of thioether (sulfide) groups is 1. The topological polar surface area (TPSA) is 121 Å². The van der Waals surface area contributed by atoms with E-state index in [0.717, 1.165) is 25.7 Å². The van der Waals surface area contributed by atoms with Gasteiger partial charge in [-0.15, -0.1) is 0 Å². The molecule has 1 heterocycles. The molecule has 0 atom stereocenters. The summed E-state index contributed by atoms with van der Waals surface area (Å²) >= 11 is 1.26. The van der Waals surface area contributed by atoms with E-state index < -0.39 is 16.7 Å². The minimum Gasteiger partial charge on any atom is -0.332 e. The largest absolute Gasteiger partial charge is 0.353 e. The van der Waals surface area contributed by atoms with Crippen LogP contribution in [0.25, 0.3) is 0 Å². The zero-order valence-electron chi connectivity index (χ0n) is 23.3. The van der Waals surface area contributed by atoms with Gasteiger partial charge in [0.05, 0.1) is 4.92 Å². The molecule has 2 aromatic carbocycles. The summed E-state index contributed by atoms with van der Waals surface area (Å²) in [6.45, 7) is 0. The van der Waals surface area contributed by atoms with Crippen LogP contribution in [0.4, 0.5) is 17.3 Å². The molecule has 0 saturated heterocycles. The van der Waals surface area contributed by atoms with Gasteiger partial charge in [0, 0.05) is 45.6 Å².